The first kappa shape index (κ1) is 23.5. The van der Waals surface area contributed by atoms with Gasteiger partial charge in [-0.3, -0.25) is 9.59 Å². The van der Waals surface area contributed by atoms with Crippen LogP contribution in [0.25, 0.3) is 0 Å². The third kappa shape index (κ3) is 4.92. The molecule has 9 heteroatoms. The number of benzene rings is 3. The van der Waals surface area contributed by atoms with Crippen molar-refractivity contribution in [3.63, 3.8) is 0 Å². The molecule has 0 aromatic heterocycles. The van der Waals surface area contributed by atoms with Crippen LogP contribution in [0.4, 0.5) is 0 Å². The van der Waals surface area contributed by atoms with E-state index in [2.05, 4.69) is 5.32 Å². The number of amides is 2. The maximum absolute atomic E-state index is 13.4. The van der Waals surface area contributed by atoms with Gasteiger partial charge < -0.3 is 34.3 Å². The highest BCUT2D eigenvalue weighted by atomic mass is 16.7. The number of fused-ring (bicyclic) bond motifs is 2. The molecule has 2 N–H and O–H groups in total. The molecule has 3 aromatic rings. The molecule has 0 aliphatic carbocycles. The largest absolute Gasteiger partial charge is 0.454 e. The Morgan fingerprint density at radius 3 is 2.11 bits per heavy atom. The number of likely N-dealkylation sites (N-methyl/N-ethyl adjacent to an activating group) is 1. The lowest BCUT2D eigenvalue weighted by atomic mass is 9.98. The number of rotatable bonds is 8. The Balaban J connectivity index is 1.31. The summed E-state index contributed by atoms with van der Waals surface area (Å²) < 4.78 is 21.3. The average Bonchev–Trinajstić information content (AvgIpc) is 3.58. The second-order valence-electron chi connectivity index (χ2n) is 8.59. The second kappa shape index (κ2) is 10.2. The fourth-order valence-electron chi connectivity index (χ4n) is 4.24. The van der Waals surface area contributed by atoms with Crippen molar-refractivity contribution in [2.45, 2.75) is 18.6 Å². The van der Waals surface area contributed by atoms with E-state index in [4.69, 9.17) is 18.9 Å². The SMILES string of the molecule is CN(C(=O)c1ccc2c(c1)OCO2)[C@@H](Cc1ccccc1)[C@H](O)CNC(=O)c1ccc2c(c1)OCO2. The van der Waals surface area contributed by atoms with Crippen LogP contribution in [0.3, 0.4) is 0 Å². The molecular formula is C27H26N2O7. The smallest absolute Gasteiger partial charge is 0.254 e. The Morgan fingerprint density at radius 2 is 1.44 bits per heavy atom. The molecule has 2 heterocycles. The van der Waals surface area contributed by atoms with Gasteiger partial charge >= 0.3 is 0 Å². The summed E-state index contributed by atoms with van der Waals surface area (Å²) in [6, 6.07) is 18.9. The highest BCUT2D eigenvalue weighted by Crippen LogP contribution is 2.33. The van der Waals surface area contributed by atoms with Crippen molar-refractivity contribution in [2.75, 3.05) is 27.2 Å². The fraction of sp³-hybridized carbons (Fsp3) is 0.259. The van der Waals surface area contributed by atoms with Gasteiger partial charge in [-0.1, -0.05) is 30.3 Å². The first-order valence-electron chi connectivity index (χ1n) is 11.6. The standard InChI is InChI=1S/C27H26N2O7/c1-29(27(32)19-8-10-23-25(13-19)36-16-34-23)20(11-17-5-3-2-4-6-17)21(30)14-28-26(31)18-7-9-22-24(12-18)35-15-33-22/h2-10,12-13,20-21,30H,11,14-16H2,1H3,(H,28,31)/t20-,21+/m0/s1. The van der Waals surface area contributed by atoms with Crippen LogP contribution in [-0.2, 0) is 6.42 Å². The van der Waals surface area contributed by atoms with Crippen molar-refractivity contribution >= 4 is 11.8 Å². The van der Waals surface area contributed by atoms with Crippen molar-refractivity contribution in [2.24, 2.45) is 0 Å². The van der Waals surface area contributed by atoms with Gasteiger partial charge in [-0.05, 0) is 48.4 Å². The van der Waals surface area contributed by atoms with Crippen molar-refractivity contribution < 1.29 is 33.6 Å². The lowest BCUT2D eigenvalue weighted by molar-refractivity contribution is 0.0436. The summed E-state index contributed by atoms with van der Waals surface area (Å²) in [5.41, 5.74) is 1.75. The van der Waals surface area contributed by atoms with Gasteiger partial charge in [0.1, 0.15) is 0 Å². The summed E-state index contributed by atoms with van der Waals surface area (Å²) in [7, 11) is 1.64. The van der Waals surface area contributed by atoms with Crippen molar-refractivity contribution in [3.05, 3.63) is 83.4 Å². The van der Waals surface area contributed by atoms with Gasteiger partial charge in [-0.25, -0.2) is 0 Å². The normalized spacial score (nSPS) is 14.7. The monoisotopic (exact) mass is 490 g/mol. The van der Waals surface area contributed by atoms with Gasteiger partial charge in [-0.2, -0.15) is 0 Å². The molecule has 0 radical (unpaired) electrons. The predicted octanol–water partition coefficient (Wildman–Crippen LogP) is 2.62. The number of aliphatic hydroxyl groups is 1. The fourth-order valence-corrected chi connectivity index (χ4v) is 4.24. The number of nitrogens with one attached hydrogen (secondary N) is 1. The number of aliphatic hydroxyl groups excluding tert-OH is 1. The van der Waals surface area contributed by atoms with Gasteiger partial charge in [0.15, 0.2) is 23.0 Å². The van der Waals surface area contributed by atoms with Gasteiger partial charge in [0.05, 0.1) is 12.1 Å². The van der Waals surface area contributed by atoms with Gasteiger partial charge in [0.25, 0.3) is 11.8 Å². The zero-order valence-electron chi connectivity index (χ0n) is 19.7. The van der Waals surface area contributed by atoms with E-state index in [1.165, 1.54) is 4.90 Å². The van der Waals surface area contributed by atoms with Crippen LogP contribution in [0.2, 0.25) is 0 Å². The van der Waals surface area contributed by atoms with Crippen LogP contribution in [0.5, 0.6) is 23.0 Å². The summed E-state index contributed by atoms with van der Waals surface area (Å²) in [5, 5.41) is 13.9. The van der Waals surface area contributed by atoms with E-state index < -0.39 is 12.1 Å². The first-order valence-corrected chi connectivity index (χ1v) is 11.6. The molecule has 0 spiro atoms. The number of carbonyl (C=O) groups is 2. The Kier molecular flexibility index (Phi) is 6.64. The third-order valence-electron chi connectivity index (χ3n) is 6.28. The zero-order valence-corrected chi connectivity index (χ0v) is 19.7. The molecule has 5 rings (SSSR count). The Hall–Kier alpha value is -4.24. The molecule has 0 saturated heterocycles. The second-order valence-corrected chi connectivity index (χ2v) is 8.59. The van der Waals surface area contributed by atoms with Crippen molar-refractivity contribution in [1.82, 2.24) is 10.2 Å². The van der Waals surface area contributed by atoms with Gasteiger partial charge in [0, 0.05) is 24.7 Å². The molecule has 2 atom stereocenters. The maximum Gasteiger partial charge on any atom is 0.254 e. The number of carbonyl (C=O) groups excluding carboxylic acids is 2. The van der Waals surface area contributed by atoms with E-state index >= 15 is 0 Å². The van der Waals surface area contributed by atoms with Crippen LogP contribution in [-0.4, -0.2) is 61.1 Å². The Morgan fingerprint density at radius 1 is 0.861 bits per heavy atom. The summed E-state index contributed by atoms with van der Waals surface area (Å²) in [6.45, 7) is 0.175. The molecule has 9 nitrogen and oxygen atoms in total. The number of hydrogen-bond donors (Lipinski definition) is 2. The van der Waals surface area contributed by atoms with E-state index in [0.29, 0.717) is 40.5 Å². The number of hydrogen-bond acceptors (Lipinski definition) is 7. The van der Waals surface area contributed by atoms with E-state index in [1.807, 2.05) is 30.3 Å². The molecule has 186 valence electrons. The molecule has 2 aliphatic heterocycles. The van der Waals surface area contributed by atoms with E-state index in [-0.39, 0.29) is 31.9 Å². The molecule has 0 unspecified atom stereocenters. The minimum atomic E-state index is -1.04. The van der Waals surface area contributed by atoms with E-state index in [1.54, 1.807) is 43.4 Å². The molecule has 2 aliphatic rings. The molecular weight excluding hydrogens is 464 g/mol. The summed E-state index contributed by atoms with van der Waals surface area (Å²) in [6.07, 6.45) is -0.638. The van der Waals surface area contributed by atoms with Crippen LogP contribution in [0.1, 0.15) is 26.3 Å². The van der Waals surface area contributed by atoms with E-state index in [0.717, 1.165) is 5.56 Å². The highest BCUT2D eigenvalue weighted by Gasteiger charge is 2.29. The molecule has 36 heavy (non-hydrogen) atoms. The third-order valence-corrected chi connectivity index (χ3v) is 6.28. The van der Waals surface area contributed by atoms with Crippen LogP contribution < -0.4 is 24.3 Å². The predicted molar refractivity (Wildman–Crippen MR) is 129 cm³/mol. The summed E-state index contributed by atoms with van der Waals surface area (Å²) >= 11 is 0. The van der Waals surface area contributed by atoms with Crippen molar-refractivity contribution in [3.8, 4) is 23.0 Å². The maximum atomic E-state index is 13.4. The van der Waals surface area contributed by atoms with Gasteiger partial charge in [0.2, 0.25) is 13.6 Å². The average molecular weight is 491 g/mol. The minimum absolute atomic E-state index is 0.0520. The molecule has 2 amide bonds. The van der Waals surface area contributed by atoms with Crippen molar-refractivity contribution in [1.29, 1.82) is 0 Å². The lowest BCUT2D eigenvalue weighted by Crippen LogP contribution is -2.50. The summed E-state index contributed by atoms with van der Waals surface area (Å²) in [5.74, 6) is 1.52. The Bertz CT molecular complexity index is 1260. The molecule has 0 bridgehead atoms. The quantitative estimate of drug-likeness (QED) is 0.500. The highest BCUT2D eigenvalue weighted by molar-refractivity contribution is 5.95. The molecule has 3 aromatic carbocycles. The van der Waals surface area contributed by atoms with Crippen LogP contribution in [0.15, 0.2) is 66.7 Å². The number of ether oxygens (including phenoxy) is 4. The summed E-state index contributed by atoms with van der Waals surface area (Å²) in [4.78, 5) is 27.6. The van der Waals surface area contributed by atoms with Crippen LogP contribution >= 0.6 is 0 Å². The lowest BCUT2D eigenvalue weighted by Gasteiger charge is -2.32. The topological polar surface area (TPSA) is 107 Å². The number of nitrogens with zero attached hydrogens (tertiary/aromatic N) is 1. The Labute approximate surface area is 208 Å². The molecule has 0 saturated carbocycles. The van der Waals surface area contributed by atoms with Gasteiger partial charge in [-0.15, -0.1) is 0 Å². The molecule has 0 fully saturated rings. The van der Waals surface area contributed by atoms with E-state index in [9.17, 15) is 14.7 Å². The minimum Gasteiger partial charge on any atom is -0.454 e. The first-order chi connectivity index (χ1) is 17.5. The van der Waals surface area contributed by atoms with Crippen LogP contribution in [0, 0.1) is 0 Å². The zero-order chi connectivity index (χ0) is 25.1.